The Kier molecular flexibility index (Phi) is 5.74. The summed E-state index contributed by atoms with van der Waals surface area (Å²) in [6.07, 6.45) is 3.61. The van der Waals surface area contributed by atoms with Gasteiger partial charge in [-0.2, -0.15) is 0 Å². The number of carbonyl (C=O) groups excluding carboxylic acids is 1. The van der Waals surface area contributed by atoms with Gasteiger partial charge in [-0.15, -0.1) is 0 Å². The molecule has 5 nitrogen and oxygen atoms in total. The summed E-state index contributed by atoms with van der Waals surface area (Å²) in [6, 6.07) is 6.81. The number of amides is 1. The lowest BCUT2D eigenvalue weighted by atomic mass is 10.0. The fourth-order valence-corrected chi connectivity index (χ4v) is 3.73. The highest BCUT2D eigenvalue weighted by molar-refractivity contribution is 5.80. The lowest BCUT2D eigenvalue weighted by Gasteiger charge is -2.33. The molecule has 3 rings (SSSR count). The van der Waals surface area contributed by atoms with E-state index in [9.17, 15) is 4.79 Å². The molecule has 1 aromatic carbocycles. The van der Waals surface area contributed by atoms with Gasteiger partial charge >= 0.3 is 0 Å². The van der Waals surface area contributed by atoms with Gasteiger partial charge in [0.15, 0.2) is 0 Å². The summed E-state index contributed by atoms with van der Waals surface area (Å²) in [5.41, 5.74) is 4.04. The number of benzene rings is 1. The minimum absolute atomic E-state index is 0.0312. The zero-order valence-electron chi connectivity index (χ0n) is 14.9. The molecule has 1 N–H and O–H groups in total. The van der Waals surface area contributed by atoms with Crippen molar-refractivity contribution in [2.45, 2.75) is 38.8 Å². The quantitative estimate of drug-likeness (QED) is 0.916. The number of anilines is 1. The first-order valence-electron chi connectivity index (χ1n) is 9.07. The van der Waals surface area contributed by atoms with E-state index >= 15 is 0 Å². The number of likely N-dealkylation sites (N-methyl/N-ethyl adjacent to an activating group) is 1. The third kappa shape index (κ3) is 4.08. The van der Waals surface area contributed by atoms with E-state index in [2.05, 4.69) is 40.2 Å². The molecular formula is C19H29N3O2. The molecule has 2 aliphatic heterocycles. The number of nitrogens with one attached hydrogen (secondary N) is 1. The van der Waals surface area contributed by atoms with Crippen LogP contribution in [0.1, 0.15) is 30.4 Å². The maximum absolute atomic E-state index is 11.8. The molecule has 2 fully saturated rings. The van der Waals surface area contributed by atoms with E-state index in [1.165, 1.54) is 49.2 Å². The lowest BCUT2D eigenvalue weighted by molar-refractivity contribution is -0.138. The van der Waals surface area contributed by atoms with Crippen molar-refractivity contribution < 1.29 is 9.53 Å². The summed E-state index contributed by atoms with van der Waals surface area (Å²) < 4.78 is 5.56. The first-order chi connectivity index (χ1) is 11.7. The summed E-state index contributed by atoms with van der Waals surface area (Å²) in [5, 5.41) is 2.68. The van der Waals surface area contributed by atoms with Gasteiger partial charge in [0.25, 0.3) is 0 Å². The van der Waals surface area contributed by atoms with Crippen molar-refractivity contribution in [2.75, 3.05) is 44.7 Å². The minimum atomic E-state index is -0.350. The Hall–Kier alpha value is -1.59. The van der Waals surface area contributed by atoms with Crippen molar-refractivity contribution in [1.29, 1.82) is 0 Å². The Bertz CT molecular complexity index is 570. The number of morpholine rings is 1. The number of piperidine rings is 1. The molecule has 2 saturated heterocycles. The third-order valence-corrected chi connectivity index (χ3v) is 5.05. The number of rotatable bonds is 4. The van der Waals surface area contributed by atoms with Crippen molar-refractivity contribution >= 4 is 11.6 Å². The van der Waals surface area contributed by atoms with E-state index in [0.29, 0.717) is 13.2 Å². The highest BCUT2D eigenvalue weighted by Gasteiger charge is 2.25. The van der Waals surface area contributed by atoms with Crippen molar-refractivity contribution in [3.8, 4) is 0 Å². The first kappa shape index (κ1) is 17.2. The van der Waals surface area contributed by atoms with E-state index in [4.69, 9.17) is 4.74 Å². The topological polar surface area (TPSA) is 44.8 Å². The van der Waals surface area contributed by atoms with Crippen LogP contribution in [0.25, 0.3) is 0 Å². The largest absolute Gasteiger partial charge is 0.371 e. The van der Waals surface area contributed by atoms with Gasteiger partial charge < -0.3 is 15.0 Å². The third-order valence-electron chi connectivity index (χ3n) is 5.05. The number of nitrogens with zero attached hydrogens (tertiary/aromatic N) is 2. The predicted molar refractivity (Wildman–Crippen MR) is 96.3 cm³/mol. The molecule has 0 bridgehead atoms. The standard InChI is InChI=1S/C19H29N3O2/c1-15-12-16(6-7-17(15)22-8-4-3-5-9-22)13-21-10-11-24-18(14-21)19(23)20-2/h6-7,12,18H,3-5,8-11,13-14H2,1-2H3,(H,20,23). The molecular weight excluding hydrogens is 302 g/mol. The second kappa shape index (κ2) is 7.99. The number of hydrogen-bond donors (Lipinski definition) is 1. The Morgan fingerprint density at radius 2 is 2.04 bits per heavy atom. The monoisotopic (exact) mass is 331 g/mol. The van der Waals surface area contributed by atoms with Gasteiger partial charge in [0.1, 0.15) is 6.10 Å². The highest BCUT2D eigenvalue weighted by atomic mass is 16.5. The molecule has 132 valence electrons. The molecule has 5 heteroatoms. The fraction of sp³-hybridized carbons (Fsp3) is 0.632. The summed E-state index contributed by atoms with van der Waals surface area (Å²) in [4.78, 5) is 16.6. The van der Waals surface area contributed by atoms with Gasteiger partial charge in [-0.25, -0.2) is 0 Å². The Balaban J connectivity index is 1.63. The van der Waals surface area contributed by atoms with Crippen molar-refractivity contribution in [3.63, 3.8) is 0 Å². The molecule has 0 radical (unpaired) electrons. The highest BCUT2D eigenvalue weighted by Crippen LogP contribution is 2.25. The van der Waals surface area contributed by atoms with Crippen LogP contribution < -0.4 is 10.2 Å². The van der Waals surface area contributed by atoms with E-state index in [1.807, 2.05) is 0 Å². The SMILES string of the molecule is CNC(=O)C1CN(Cc2ccc(N3CCCCC3)c(C)c2)CCO1. The van der Waals surface area contributed by atoms with E-state index in [0.717, 1.165) is 13.1 Å². The molecule has 0 spiro atoms. The van der Waals surface area contributed by atoms with Crippen LogP contribution in [-0.4, -0.2) is 56.7 Å². The predicted octanol–water partition coefficient (Wildman–Crippen LogP) is 1.93. The fourth-order valence-electron chi connectivity index (χ4n) is 3.73. The van der Waals surface area contributed by atoms with Gasteiger partial charge in [-0.05, 0) is 43.4 Å². The summed E-state index contributed by atoms with van der Waals surface area (Å²) in [5.74, 6) is -0.0312. The molecule has 1 aromatic rings. The maximum Gasteiger partial charge on any atom is 0.250 e. The van der Waals surface area contributed by atoms with Gasteiger partial charge in [-0.1, -0.05) is 12.1 Å². The normalized spacial score (nSPS) is 22.4. The van der Waals surface area contributed by atoms with Crippen molar-refractivity contribution in [2.24, 2.45) is 0 Å². The average molecular weight is 331 g/mol. The van der Waals surface area contributed by atoms with Gasteiger partial charge in [0, 0.05) is 45.5 Å². The van der Waals surface area contributed by atoms with Crippen LogP contribution in [0.5, 0.6) is 0 Å². The van der Waals surface area contributed by atoms with Crippen LogP contribution in [0.15, 0.2) is 18.2 Å². The molecule has 1 unspecified atom stereocenters. The van der Waals surface area contributed by atoms with Crippen molar-refractivity contribution in [3.05, 3.63) is 29.3 Å². The molecule has 0 saturated carbocycles. The summed E-state index contributed by atoms with van der Waals surface area (Å²) >= 11 is 0. The van der Waals surface area contributed by atoms with Crippen LogP contribution in [0, 0.1) is 6.92 Å². The van der Waals surface area contributed by atoms with Crippen LogP contribution in [-0.2, 0) is 16.1 Å². The molecule has 0 aliphatic carbocycles. The summed E-state index contributed by atoms with van der Waals surface area (Å²) in [6.45, 7) is 7.59. The second-order valence-corrected chi connectivity index (χ2v) is 6.88. The number of hydrogen-bond acceptors (Lipinski definition) is 4. The average Bonchev–Trinajstić information content (AvgIpc) is 2.62. The number of ether oxygens (including phenoxy) is 1. The summed E-state index contributed by atoms with van der Waals surface area (Å²) in [7, 11) is 1.66. The zero-order chi connectivity index (χ0) is 16.9. The zero-order valence-corrected chi connectivity index (χ0v) is 14.9. The molecule has 2 heterocycles. The smallest absolute Gasteiger partial charge is 0.250 e. The minimum Gasteiger partial charge on any atom is -0.371 e. The van der Waals surface area contributed by atoms with Gasteiger partial charge in [-0.3, -0.25) is 9.69 Å². The van der Waals surface area contributed by atoms with E-state index < -0.39 is 0 Å². The first-order valence-corrected chi connectivity index (χ1v) is 9.07. The molecule has 24 heavy (non-hydrogen) atoms. The van der Waals surface area contributed by atoms with Crippen LogP contribution in [0.2, 0.25) is 0 Å². The van der Waals surface area contributed by atoms with Crippen LogP contribution >= 0.6 is 0 Å². The van der Waals surface area contributed by atoms with Crippen LogP contribution in [0.3, 0.4) is 0 Å². The molecule has 0 aromatic heterocycles. The van der Waals surface area contributed by atoms with E-state index in [-0.39, 0.29) is 12.0 Å². The number of carbonyl (C=O) groups is 1. The molecule has 2 aliphatic rings. The van der Waals surface area contributed by atoms with Crippen molar-refractivity contribution in [1.82, 2.24) is 10.2 Å². The lowest BCUT2D eigenvalue weighted by Crippen LogP contribution is -2.48. The van der Waals surface area contributed by atoms with Crippen LogP contribution in [0.4, 0.5) is 5.69 Å². The molecule has 1 atom stereocenters. The Labute approximate surface area is 145 Å². The Morgan fingerprint density at radius 3 is 2.75 bits per heavy atom. The number of aryl methyl sites for hydroxylation is 1. The van der Waals surface area contributed by atoms with Gasteiger partial charge in [0.2, 0.25) is 5.91 Å². The van der Waals surface area contributed by atoms with E-state index in [1.54, 1.807) is 7.05 Å². The Morgan fingerprint density at radius 1 is 1.25 bits per heavy atom. The van der Waals surface area contributed by atoms with Gasteiger partial charge in [0.05, 0.1) is 6.61 Å². The second-order valence-electron chi connectivity index (χ2n) is 6.88. The molecule has 1 amide bonds. The maximum atomic E-state index is 11.8.